The molecule has 3 heterocycles. The van der Waals surface area contributed by atoms with E-state index in [1.54, 1.807) is 6.33 Å². The molecule has 21 heavy (non-hydrogen) atoms. The summed E-state index contributed by atoms with van der Waals surface area (Å²) in [5.74, 6) is 3.12. The highest BCUT2D eigenvalue weighted by molar-refractivity contribution is 5.84. The summed E-state index contributed by atoms with van der Waals surface area (Å²) in [5, 5.41) is 3.27. The molecule has 114 valence electrons. The third-order valence-electron chi connectivity index (χ3n) is 4.27. The van der Waals surface area contributed by atoms with E-state index in [9.17, 15) is 0 Å². The molecule has 0 amide bonds. The molecule has 1 aliphatic heterocycles. The Bertz CT molecular complexity index is 605. The molecular weight excluding hydrogens is 264 g/mol. The number of fused-ring (bicyclic) bond motifs is 1. The van der Waals surface area contributed by atoms with Gasteiger partial charge >= 0.3 is 0 Å². The van der Waals surface area contributed by atoms with E-state index in [1.165, 1.54) is 6.42 Å². The van der Waals surface area contributed by atoms with Crippen LogP contribution in [0, 0.1) is 11.8 Å². The molecule has 2 aromatic heterocycles. The van der Waals surface area contributed by atoms with Crippen molar-refractivity contribution in [3.8, 4) is 0 Å². The molecule has 0 aliphatic carbocycles. The zero-order valence-corrected chi connectivity index (χ0v) is 13.1. The number of aromatic nitrogens is 4. The van der Waals surface area contributed by atoms with Crippen LogP contribution in [-0.2, 0) is 0 Å². The maximum atomic E-state index is 4.72. The van der Waals surface area contributed by atoms with Crippen molar-refractivity contribution in [3.63, 3.8) is 0 Å². The molecule has 0 spiro atoms. The maximum Gasteiger partial charge on any atom is 0.226 e. The number of aromatic amines is 1. The van der Waals surface area contributed by atoms with Crippen molar-refractivity contribution < 1.29 is 0 Å². The molecular formula is C15H24N6. The quantitative estimate of drug-likeness (QED) is 0.885. The molecule has 2 aromatic rings. The smallest absolute Gasteiger partial charge is 0.226 e. The molecule has 1 unspecified atom stereocenters. The lowest BCUT2D eigenvalue weighted by molar-refractivity contribution is 0.422. The van der Waals surface area contributed by atoms with Gasteiger partial charge in [-0.3, -0.25) is 0 Å². The third-order valence-corrected chi connectivity index (χ3v) is 4.27. The zero-order chi connectivity index (χ0) is 14.8. The van der Waals surface area contributed by atoms with Crippen molar-refractivity contribution >= 4 is 22.9 Å². The topological polar surface area (TPSA) is 69.7 Å². The van der Waals surface area contributed by atoms with Crippen LogP contribution in [0.3, 0.4) is 0 Å². The monoisotopic (exact) mass is 288 g/mol. The first-order valence-electron chi connectivity index (χ1n) is 7.89. The summed E-state index contributed by atoms with van der Waals surface area (Å²) < 4.78 is 0. The molecule has 3 rings (SSSR count). The summed E-state index contributed by atoms with van der Waals surface area (Å²) in [6.45, 7) is 9.73. The van der Waals surface area contributed by atoms with Gasteiger partial charge in [0.1, 0.15) is 5.52 Å². The highest BCUT2D eigenvalue weighted by Crippen LogP contribution is 2.30. The summed E-state index contributed by atoms with van der Waals surface area (Å²) in [4.78, 5) is 19.0. The van der Waals surface area contributed by atoms with E-state index in [0.717, 1.165) is 49.0 Å². The fraction of sp³-hybridized carbons (Fsp3) is 0.667. The Kier molecular flexibility index (Phi) is 3.94. The van der Waals surface area contributed by atoms with Crippen molar-refractivity contribution in [2.75, 3.05) is 29.9 Å². The van der Waals surface area contributed by atoms with Gasteiger partial charge in [0.15, 0.2) is 11.5 Å². The summed E-state index contributed by atoms with van der Waals surface area (Å²) in [5.41, 5.74) is 1.69. The van der Waals surface area contributed by atoms with Crippen LogP contribution >= 0.6 is 0 Å². The summed E-state index contributed by atoms with van der Waals surface area (Å²) in [6, 6.07) is 0. The fourth-order valence-corrected chi connectivity index (χ4v) is 2.89. The Balaban J connectivity index is 1.91. The average molecular weight is 288 g/mol. The van der Waals surface area contributed by atoms with Crippen LogP contribution in [0.5, 0.6) is 0 Å². The van der Waals surface area contributed by atoms with E-state index in [2.05, 4.69) is 45.9 Å². The number of nitrogens with one attached hydrogen (secondary N) is 2. The Morgan fingerprint density at radius 2 is 2.29 bits per heavy atom. The van der Waals surface area contributed by atoms with Crippen molar-refractivity contribution in [2.45, 2.75) is 33.6 Å². The second kappa shape index (κ2) is 5.87. The van der Waals surface area contributed by atoms with E-state index in [0.29, 0.717) is 11.9 Å². The van der Waals surface area contributed by atoms with Crippen LogP contribution in [0.25, 0.3) is 11.2 Å². The highest BCUT2D eigenvalue weighted by atomic mass is 15.3. The minimum absolute atomic E-state index is 0.680. The van der Waals surface area contributed by atoms with Gasteiger partial charge in [-0.1, -0.05) is 20.8 Å². The SMILES string of the molecule is CCCNc1nc(N2CCC(C(C)C)C2)c2[nH]cnc2n1. The van der Waals surface area contributed by atoms with Crippen LogP contribution in [0.2, 0.25) is 0 Å². The van der Waals surface area contributed by atoms with E-state index < -0.39 is 0 Å². The lowest BCUT2D eigenvalue weighted by Crippen LogP contribution is -2.23. The Morgan fingerprint density at radius 1 is 1.43 bits per heavy atom. The number of hydrogen-bond donors (Lipinski definition) is 2. The maximum absolute atomic E-state index is 4.72. The zero-order valence-electron chi connectivity index (χ0n) is 13.1. The fourth-order valence-electron chi connectivity index (χ4n) is 2.89. The van der Waals surface area contributed by atoms with E-state index >= 15 is 0 Å². The van der Waals surface area contributed by atoms with E-state index in [-0.39, 0.29) is 0 Å². The van der Waals surface area contributed by atoms with Crippen molar-refractivity contribution in [1.29, 1.82) is 0 Å². The van der Waals surface area contributed by atoms with Gasteiger partial charge in [-0.25, -0.2) is 4.98 Å². The predicted molar refractivity (Wildman–Crippen MR) is 85.6 cm³/mol. The van der Waals surface area contributed by atoms with Crippen LogP contribution in [-0.4, -0.2) is 39.6 Å². The van der Waals surface area contributed by atoms with Crippen LogP contribution in [0.1, 0.15) is 33.6 Å². The highest BCUT2D eigenvalue weighted by Gasteiger charge is 2.27. The third kappa shape index (κ3) is 2.80. The van der Waals surface area contributed by atoms with Crippen LogP contribution in [0.4, 0.5) is 11.8 Å². The number of rotatable bonds is 5. The van der Waals surface area contributed by atoms with Crippen molar-refractivity contribution in [2.24, 2.45) is 11.8 Å². The van der Waals surface area contributed by atoms with Gasteiger partial charge in [-0.05, 0) is 24.7 Å². The van der Waals surface area contributed by atoms with Gasteiger partial charge in [0.05, 0.1) is 6.33 Å². The average Bonchev–Trinajstić information content (AvgIpc) is 3.12. The standard InChI is InChI=1S/C15H24N6/c1-4-6-16-15-19-13-12(17-9-18-13)14(20-15)21-7-5-11(8-21)10(2)3/h9-11H,4-8H2,1-3H3,(H2,16,17,18,19,20). The second-order valence-corrected chi connectivity index (χ2v) is 6.14. The lowest BCUT2D eigenvalue weighted by atomic mass is 9.95. The lowest BCUT2D eigenvalue weighted by Gasteiger charge is -2.20. The number of nitrogens with zero attached hydrogens (tertiary/aromatic N) is 4. The van der Waals surface area contributed by atoms with Gasteiger partial charge < -0.3 is 15.2 Å². The van der Waals surface area contributed by atoms with Gasteiger partial charge in [0.25, 0.3) is 0 Å². The number of H-pyrrole nitrogens is 1. The molecule has 1 aliphatic rings. The molecule has 1 atom stereocenters. The normalized spacial score (nSPS) is 18.9. The number of hydrogen-bond acceptors (Lipinski definition) is 5. The van der Waals surface area contributed by atoms with Gasteiger partial charge in [0.2, 0.25) is 5.95 Å². The first-order chi connectivity index (χ1) is 10.2. The molecule has 1 fully saturated rings. The molecule has 6 heteroatoms. The Labute approximate surface area is 125 Å². The minimum atomic E-state index is 0.680. The molecule has 1 saturated heterocycles. The number of imidazole rings is 1. The molecule has 0 radical (unpaired) electrons. The van der Waals surface area contributed by atoms with Crippen LogP contribution in [0.15, 0.2) is 6.33 Å². The van der Waals surface area contributed by atoms with Crippen molar-refractivity contribution in [1.82, 2.24) is 19.9 Å². The second-order valence-electron chi connectivity index (χ2n) is 6.14. The molecule has 0 saturated carbocycles. The van der Waals surface area contributed by atoms with Crippen molar-refractivity contribution in [3.05, 3.63) is 6.33 Å². The van der Waals surface area contributed by atoms with Gasteiger partial charge in [0, 0.05) is 19.6 Å². The molecule has 6 nitrogen and oxygen atoms in total. The molecule has 0 bridgehead atoms. The molecule has 0 aromatic carbocycles. The predicted octanol–water partition coefficient (Wildman–Crippen LogP) is 2.66. The summed E-state index contributed by atoms with van der Waals surface area (Å²) >= 11 is 0. The minimum Gasteiger partial charge on any atom is -0.354 e. The van der Waals surface area contributed by atoms with E-state index in [4.69, 9.17) is 4.98 Å². The summed E-state index contributed by atoms with van der Waals surface area (Å²) in [7, 11) is 0. The largest absolute Gasteiger partial charge is 0.354 e. The number of anilines is 2. The van der Waals surface area contributed by atoms with Gasteiger partial charge in [-0.2, -0.15) is 9.97 Å². The van der Waals surface area contributed by atoms with E-state index in [1.807, 2.05) is 0 Å². The Morgan fingerprint density at radius 3 is 3.00 bits per heavy atom. The van der Waals surface area contributed by atoms with Crippen LogP contribution < -0.4 is 10.2 Å². The summed E-state index contributed by atoms with van der Waals surface area (Å²) in [6.07, 6.45) is 3.98. The van der Waals surface area contributed by atoms with Gasteiger partial charge in [-0.15, -0.1) is 0 Å². The first-order valence-corrected chi connectivity index (χ1v) is 7.89. The molecule has 2 N–H and O–H groups in total. The Hall–Kier alpha value is -1.85. The first kappa shape index (κ1) is 14.1.